The number of esters is 1. The third-order valence-corrected chi connectivity index (χ3v) is 5.81. The Kier molecular flexibility index (Phi) is 5.01. The highest BCUT2D eigenvalue weighted by Crippen LogP contribution is 2.32. The second kappa shape index (κ2) is 7.98. The predicted octanol–water partition coefficient (Wildman–Crippen LogP) is 5.60. The smallest absolute Gasteiger partial charge is 0.343 e. The van der Waals surface area contributed by atoms with Gasteiger partial charge in [0.25, 0.3) is 0 Å². The molecule has 154 valence electrons. The Bertz CT molecular complexity index is 1430. The topological polar surface area (TPSA) is 81.9 Å². The van der Waals surface area contributed by atoms with Crippen LogP contribution in [-0.4, -0.2) is 32.3 Å². The first-order chi connectivity index (χ1) is 15.1. The van der Waals surface area contributed by atoms with E-state index < -0.39 is 5.97 Å². The Morgan fingerprint density at radius 3 is 2.87 bits per heavy atom. The van der Waals surface area contributed by atoms with E-state index in [9.17, 15) is 4.79 Å². The van der Waals surface area contributed by atoms with Crippen molar-refractivity contribution >= 4 is 61.0 Å². The van der Waals surface area contributed by atoms with Crippen LogP contribution in [0.25, 0.3) is 26.9 Å². The van der Waals surface area contributed by atoms with Gasteiger partial charge in [-0.15, -0.1) is 0 Å². The summed E-state index contributed by atoms with van der Waals surface area (Å²) < 4.78 is 7.73. The van der Waals surface area contributed by atoms with Gasteiger partial charge in [-0.2, -0.15) is 9.78 Å². The highest BCUT2D eigenvalue weighted by atomic mass is 35.5. The van der Waals surface area contributed by atoms with Crippen molar-refractivity contribution in [3.8, 4) is 5.82 Å². The minimum absolute atomic E-state index is 0.261. The van der Waals surface area contributed by atoms with Crippen LogP contribution in [0.5, 0.6) is 0 Å². The van der Waals surface area contributed by atoms with E-state index in [1.54, 1.807) is 17.7 Å². The maximum Gasteiger partial charge on any atom is 0.343 e. The van der Waals surface area contributed by atoms with E-state index in [2.05, 4.69) is 15.4 Å². The van der Waals surface area contributed by atoms with Gasteiger partial charge in [0.1, 0.15) is 5.56 Å². The molecule has 3 heterocycles. The number of anilines is 2. The number of pyridine rings is 1. The van der Waals surface area contributed by atoms with Crippen molar-refractivity contribution < 1.29 is 9.53 Å². The zero-order chi connectivity index (χ0) is 21.4. The Labute approximate surface area is 186 Å². The van der Waals surface area contributed by atoms with Crippen LogP contribution in [0.1, 0.15) is 17.3 Å². The molecule has 0 aliphatic carbocycles. The average Bonchev–Trinajstić information content (AvgIpc) is 3.37. The predicted molar refractivity (Wildman–Crippen MR) is 123 cm³/mol. The number of carbonyl (C=O) groups excluding carboxylic acids is 1. The lowest BCUT2D eigenvalue weighted by Crippen LogP contribution is -2.10. The molecule has 1 N–H and O–H groups in total. The SMILES string of the molecule is CCOC(=O)c1cnn(-c2ccc3ccccc3n2)c1Nc1nc2ccc(Cl)cc2s1. The number of benzene rings is 2. The van der Waals surface area contributed by atoms with E-state index in [1.165, 1.54) is 17.5 Å². The molecule has 9 heteroatoms. The van der Waals surface area contributed by atoms with Gasteiger partial charge in [0.2, 0.25) is 0 Å². The fraction of sp³-hybridized carbons (Fsp3) is 0.0909. The molecule has 2 aromatic carbocycles. The van der Waals surface area contributed by atoms with Crippen LogP contribution < -0.4 is 5.32 Å². The van der Waals surface area contributed by atoms with Gasteiger partial charge >= 0.3 is 5.97 Å². The van der Waals surface area contributed by atoms with Gasteiger partial charge in [0, 0.05) is 10.4 Å². The van der Waals surface area contributed by atoms with Crippen molar-refractivity contribution in [3.63, 3.8) is 0 Å². The van der Waals surface area contributed by atoms with E-state index in [0.717, 1.165) is 21.1 Å². The number of carbonyl (C=O) groups is 1. The first-order valence-corrected chi connectivity index (χ1v) is 10.8. The lowest BCUT2D eigenvalue weighted by atomic mass is 10.2. The molecule has 0 radical (unpaired) electrons. The Morgan fingerprint density at radius 1 is 1.13 bits per heavy atom. The minimum atomic E-state index is -0.471. The summed E-state index contributed by atoms with van der Waals surface area (Å²) in [5.74, 6) is 0.536. The monoisotopic (exact) mass is 449 g/mol. The van der Waals surface area contributed by atoms with Crippen LogP contribution in [0, 0.1) is 0 Å². The number of para-hydroxylation sites is 1. The van der Waals surface area contributed by atoms with Crippen LogP contribution >= 0.6 is 22.9 Å². The first kappa shape index (κ1) is 19.5. The van der Waals surface area contributed by atoms with Crippen molar-refractivity contribution in [3.05, 3.63) is 71.4 Å². The number of hydrogen-bond acceptors (Lipinski definition) is 7. The molecule has 5 rings (SSSR count). The van der Waals surface area contributed by atoms with Gasteiger partial charge in [0.05, 0.1) is 28.5 Å². The first-order valence-electron chi connectivity index (χ1n) is 9.57. The molecular weight excluding hydrogens is 434 g/mol. The number of ether oxygens (including phenoxy) is 1. The lowest BCUT2D eigenvalue weighted by molar-refractivity contribution is 0.0527. The maximum absolute atomic E-state index is 12.6. The van der Waals surface area contributed by atoms with E-state index in [1.807, 2.05) is 48.5 Å². The van der Waals surface area contributed by atoms with Crippen molar-refractivity contribution in [1.29, 1.82) is 0 Å². The number of thiazole rings is 1. The Morgan fingerprint density at radius 2 is 2.00 bits per heavy atom. The van der Waals surface area contributed by atoms with Crippen molar-refractivity contribution in [2.45, 2.75) is 6.92 Å². The molecule has 31 heavy (non-hydrogen) atoms. The summed E-state index contributed by atoms with van der Waals surface area (Å²) in [6.45, 7) is 2.02. The molecule has 3 aromatic heterocycles. The number of hydrogen-bond donors (Lipinski definition) is 1. The number of nitrogens with one attached hydrogen (secondary N) is 1. The number of nitrogens with zero attached hydrogens (tertiary/aromatic N) is 4. The van der Waals surface area contributed by atoms with Crippen molar-refractivity contribution in [2.75, 3.05) is 11.9 Å². The summed E-state index contributed by atoms with van der Waals surface area (Å²) in [4.78, 5) is 21.8. The highest BCUT2D eigenvalue weighted by Gasteiger charge is 2.22. The standard InChI is InChI=1S/C22H16ClN5O2S/c1-2-30-21(29)15-12-24-28(19-10-7-13-5-3-4-6-16(13)25-19)20(15)27-22-26-17-9-8-14(23)11-18(17)31-22/h3-12H,2H2,1H3,(H,26,27). The zero-order valence-electron chi connectivity index (χ0n) is 16.4. The summed E-state index contributed by atoms with van der Waals surface area (Å²) in [5, 5.41) is 9.90. The maximum atomic E-state index is 12.6. The molecule has 0 saturated heterocycles. The third-order valence-electron chi connectivity index (χ3n) is 4.64. The molecule has 0 unspecified atom stereocenters. The molecule has 0 aliphatic rings. The van der Waals surface area contributed by atoms with Crippen molar-refractivity contribution in [1.82, 2.24) is 19.7 Å². The van der Waals surface area contributed by atoms with E-state index in [4.69, 9.17) is 21.3 Å². The molecule has 0 atom stereocenters. The second-order valence-corrected chi connectivity index (χ2v) is 8.12. The molecular formula is C22H16ClN5O2S. The van der Waals surface area contributed by atoms with Gasteiger partial charge < -0.3 is 10.1 Å². The minimum Gasteiger partial charge on any atom is -0.462 e. The Balaban J connectivity index is 1.61. The van der Waals surface area contributed by atoms with Gasteiger partial charge in [-0.05, 0) is 43.3 Å². The number of rotatable bonds is 5. The molecule has 0 bridgehead atoms. The molecule has 0 spiro atoms. The molecule has 0 saturated carbocycles. The number of halogens is 1. The van der Waals surface area contributed by atoms with Crippen LogP contribution in [0.4, 0.5) is 10.9 Å². The normalized spacial score (nSPS) is 11.2. The highest BCUT2D eigenvalue weighted by molar-refractivity contribution is 7.22. The molecule has 5 aromatic rings. The summed E-state index contributed by atoms with van der Waals surface area (Å²) in [6, 6.07) is 17.1. The molecule has 0 amide bonds. The van der Waals surface area contributed by atoms with E-state index >= 15 is 0 Å². The average molecular weight is 450 g/mol. The zero-order valence-corrected chi connectivity index (χ0v) is 17.9. The lowest BCUT2D eigenvalue weighted by Gasteiger charge is -2.10. The summed E-state index contributed by atoms with van der Waals surface area (Å²) in [7, 11) is 0. The second-order valence-electron chi connectivity index (χ2n) is 6.66. The van der Waals surface area contributed by atoms with E-state index in [0.29, 0.717) is 27.4 Å². The number of aromatic nitrogens is 4. The van der Waals surface area contributed by atoms with Crippen molar-refractivity contribution in [2.24, 2.45) is 0 Å². The van der Waals surface area contributed by atoms with Crippen LogP contribution in [0.3, 0.4) is 0 Å². The molecule has 7 nitrogen and oxygen atoms in total. The van der Waals surface area contributed by atoms with Gasteiger partial charge in [-0.3, -0.25) is 0 Å². The van der Waals surface area contributed by atoms with Gasteiger partial charge in [-0.25, -0.2) is 14.8 Å². The van der Waals surface area contributed by atoms with Crippen LogP contribution in [0.15, 0.2) is 60.8 Å². The van der Waals surface area contributed by atoms with Gasteiger partial charge in [-0.1, -0.05) is 41.1 Å². The Hall–Kier alpha value is -3.49. The van der Waals surface area contributed by atoms with Crippen LogP contribution in [0.2, 0.25) is 5.02 Å². The summed E-state index contributed by atoms with van der Waals surface area (Å²) in [6.07, 6.45) is 1.47. The molecule has 0 fully saturated rings. The quantitative estimate of drug-likeness (QED) is 0.351. The fourth-order valence-electron chi connectivity index (χ4n) is 3.23. The van der Waals surface area contributed by atoms with E-state index in [-0.39, 0.29) is 6.61 Å². The summed E-state index contributed by atoms with van der Waals surface area (Å²) in [5.41, 5.74) is 1.94. The van der Waals surface area contributed by atoms with Crippen LogP contribution in [-0.2, 0) is 4.74 Å². The largest absolute Gasteiger partial charge is 0.462 e. The fourth-order valence-corrected chi connectivity index (χ4v) is 4.37. The third kappa shape index (κ3) is 3.71. The summed E-state index contributed by atoms with van der Waals surface area (Å²) >= 11 is 7.53. The van der Waals surface area contributed by atoms with Gasteiger partial charge in [0.15, 0.2) is 16.8 Å². The molecule has 0 aliphatic heterocycles. The number of fused-ring (bicyclic) bond motifs is 2.